The molecule has 1 atom stereocenters. The van der Waals surface area contributed by atoms with E-state index in [0.29, 0.717) is 5.92 Å². The molecule has 3 rings (SSSR count). The number of carbonyl (C=O) groups is 1. The van der Waals surface area contributed by atoms with Crippen LogP contribution >= 0.6 is 0 Å². The first kappa shape index (κ1) is 15.6. The van der Waals surface area contributed by atoms with Crippen molar-refractivity contribution in [1.29, 1.82) is 0 Å². The first-order valence-corrected chi connectivity index (χ1v) is 8.03. The zero-order valence-corrected chi connectivity index (χ0v) is 13.4. The number of benzene rings is 2. The second-order valence-electron chi connectivity index (χ2n) is 5.90. The molecular weight excluding hydrogens is 288 g/mol. The first-order valence-electron chi connectivity index (χ1n) is 8.03. The fraction of sp³-hybridized carbons (Fsp3) is 0.316. The van der Waals surface area contributed by atoms with Crippen LogP contribution in [0.5, 0.6) is 11.5 Å². The van der Waals surface area contributed by atoms with E-state index in [-0.39, 0.29) is 5.91 Å². The number of carbonyl (C=O) groups excluding carboxylic acids is 1. The molecule has 4 nitrogen and oxygen atoms in total. The Bertz CT molecular complexity index is 640. The number of ether oxygens (including phenoxy) is 1. The fourth-order valence-electron chi connectivity index (χ4n) is 2.95. The number of hydrogen-bond donors (Lipinski definition) is 1. The molecular formula is C19H22N2O2. The summed E-state index contributed by atoms with van der Waals surface area (Å²) >= 11 is 0. The molecule has 1 amide bonds. The van der Waals surface area contributed by atoms with Crippen LogP contribution in [0.25, 0.3) is 0 Å². The molecule has 1 unspecified atom stereocenters. The van der Waals surface area contributed by atoms with Crippen molar-refractivity contribution in [2.75, 3.05) is 26.7 Å². The molecule has 2 aromatic carbocycles. The molecule has 1 saturated heterocycles. The standard InChI is InChI=1S/C19H22N2O2/c1-20-13-15-11-12-21(14-15)19(22)16-7-9-18(10-8-16)23-17-5-3-2-4-6-17/h2-10,15,20H,11-14H2,1H3. The average Bonchev–Trinajstić information content (AvgIpc) is 3.05. The molecule has 0 saturated carbocycles. The van der Waals surface area contributed by atoms with Crippen LogP contribution in [0.1, 0.15) is 16.8 Å². The number of rotatable bonds is 5. The first-order chi connectivity index (χ1) is 11.3. The number of amides is 1. The second kappa shape index (κ2) is 7.29. The number of para-hydroxylation sites is 1. The smallest absolute Gasteiger partial charge is 0.253 e. The largest absolute Gasteiger partial charge is 0.457 e. The van der Waals surface area contributed by atoms with Crippen molar-refractivity contribution in [2.45, 2.75) is 6.42 Å². The Kier molecular flexibility index (Phi) is 4.93. The highest BCUT2D eigenvalue weighted by molar-refractivity contribution is 5.94. The van der Waals surface area contributed by atoms with E-state index in [1.807, 2.05) is 66.5 Å². The molecule has 1 N–H and O–H groups in total. The highest BCUT2D eigenvalue weighted by atomic mass is 16.5. The minimum atomic E-state index is 0.106. The molecule has 1 aliphatic heterocycles. The summed E-state index contributed by atoms with van der Waals surface area (Å²) in [7, 11) is 1.95. The summed E-state index contributed by atoms with van der Waals surface area (Å²) in [5.74, 6) is 2.20. The lowest BCUT2D eigenvalue weighted by atomic mass is 10.1. The van der Waals surface area contributed by atoms with Gasteiger partial charge in [-0.25, -0.2) is 0 Å². The van der Waals surface area contributed by atoms with Gasteiger partial charge in [0.25, 0.3) is 5.91 Å². The van der Waals surface area contributed by atoms with Crippen LogP contribution < -0.4 is 10.1 Å². The molecule has 23 heavy (non-hydrogen) atoms. The molecule has 1 aliphatic rings. The molecule has 120 valence electrons. The van der Waals surface area contributed by atoms with Crippen LogP contribution in [-0.4, -0.2) is 37.5 Å². The Morgan fingerprint density at radius 1 is 1.13 bits per heavy atom. The number of likely N-dealkylation sites (tertiary alicyclic amines) is 1. The lowest BCUT2D eigenvalue weighted by Gasteiger charge is -2.17. The van der Waals surface area contributed by atoms with Crippen molar-refractivity contribution in [1.82, 2.24) is 10.2 Å². The van der Waals surface area contributed by atoms with Gasteiger partial charge < -0.3 is 15.0 Å². The van der Waals surface area contributed by atoms with Gasteiger partial charge in [0.2, 0.25) is 0 Å². The molecule has 0 radical (unpaired) electrons. The zero-order valence-electron chi connectivity index (χ0n) is 13.4. The lowest BCUT2D eigenvalue weighted by Crippen LogP contribution is -2.30. The van der Waals surface area contributed by atoms with Crippen LogP contribution in [0.4, 0.5) is 0 Å². The maximum atomic E-state index is 12.5. The number of nitrogens with zero attached hydrogens (tertiary/aromatic N) is 1. The van der Waals surface area contributed by atoms with Gasteiger partial charge in [-0.05, 0) is 62.3 Å². The molecule has 1 fully saturated rings. The van der Waals surface area contributed by atoms with Gasteiger partial charge in [0, 0.05) is 18.7 Å². The quantitative estimate of drug-likeness (QED) is 0.922. The van der Waals surface area contributed by atoms with E-state index in [4.69, 9.17) is 4.74 Å². The van der Waals surface area contributed by atoms with Crippen LogP contribution in [-0.2, 0) is 0 Å². The highest BCUT2D eigenvalue weighted by Crippen LogP contribution is 2.23. The van der Waals surface area contributed by atoms with E-state index in [2.05, 4.69) is 5.32 Å². The monoisotopic (exact) mass is 310 g/mol. The summed E-state index contributed by atoms with van der Waals surface area (Å²) in [5.41, 5.74) is 0.718. The number of nitrogens with one attached hydrogen (secondary N) is 1. The van der Waals surface area contributed by atoms with Crippen LogP contribution in [0.3, 0.4) is 0 Å². The van der Waals surface area contributed by atoms with Crippen molar-refractivity contribution in [3.8, 4) is 11.5 Å². The second-order valence-corrected chi connectivity index (χ2v) is 5.90. The number of hydrogen-bond acceptors (Lipinski definition) is 3. The van der Waals surface area contributed by atoms with E-state index in [9.17, 15) is 4.79 Å². The molecule has 2 aromatic rings. The Hall–Kier alpha value is -2.33. The maximum Gasteiger partial charge on any atom is 0.253 e. The summed E-state index contributed by atoms with van der Waals surface area (Å²) < 4.78 is 5.75. The van der Waals surface area contributed by atoms with E-state index in [1.165, 1.54) is 0 Å². The van der Waals surface area contributed by atoms with Crippen molar-refractivity contribution >= 4 is 5.91 Å². The topological polar surface area (TPSA) is 41.6 Å². The van der Waals surface area contributed by atoms with Crippen LogP contribution in [0, 0.1) is 5.92 Å². The minimum absolute atomic E-state index is 0.106. The third kappa shape index (κ3) is 3.90. The Morgan fingerprint density at radius 2 is 1.83 bits per heavy atom. The Labute approximate surface area is 137 Å². The van der Waals surface area contributed by atoms with Gasteiger partial charge in [-0.3, -0.25) is 4.79 Å². The SMILES string of the molecule is CNCC1CCN(C(=O)c2ccc(Oc3ccccc3)cc2)C1. The Balaban J connectivity index is 1.62. The van der Waals surface area contributed by atoms with Crippen LogP contribution in [0.2, 0.25) is 0 Å². The van der Waals surface area contributed by atoms with Gasteiger partial charge in [-0.15, -0.1) is 0 Å². The maximum absolute atomic E-state index is 12.5. The van der Waals surface area contributed by atoms with Gasteiger partial charge in [-0.2, -0.15) is 0 Å². The molecule has 0 aromatic heterocycles. The van der Waals surface area contributed by atoms with Crippen molar-refractivity contribution in [2.24, 2.45) is 5.92 Å². The zero-order chi connectivity index (χ0) is 16.1. The minimum Gasteiger partial charge on any atom is -0.457 e. The summed E-state index contributed by atoms with van der Waals surface area (Å²) in [5, 5.41) is 3.19. The third-order valence-electron chi connectivity index (χ3n) is 4.15. The third-order valence-corrected chi connectivity index (χ3v) is 4.15. The normalized spacial score (nSPS) is 17.3. The van der Waals surface area contributed by atoms with E-state index in [0.717, 1.165) is 43.1 Å². The summed E-state index contributed by atoms with van der Waals surface area (Å²) in [6.45, 7) is 2.64. The van der Waals surface area contributed by atoms with E-state index in [1.54, 1.807) is 0 Å². The van der Waals surface area contributed by atoms with E-state index < -0.39 is 0 Å². The average molecular weight is 310 g/mol. The Morgan fingerprint density at radius 3 is 2.52 bits per heavy atom. The molecule has 1 heterocycles. The molecule has 0 bridgehead atoms. The lowest BCUT2D eigenvalue weighted by molar-refractivity contribution is 0.0787. The molecule has 0 aliphatic carbocycles. The predicted octanol–water partition coefficient (Wildman–Crippen LogP) is 3.16. The van der Waals surface area contributed by atoms with E-state index >= 15 is 0 Å². The van der Waals surface area contributed by atoms with Crippen molar-refractivity contribution < 1.29 is 9.53 Å². The van der Waals surface area contributed by atoms with Gasteiger partial charge in [0.05, 0.1) is 0 Å². The van der Waals surface area contributed by atoms with Gasteiger partial charge >= 0.3 is 0 Å². The predicted molar refractivity (Wildman–Crippen MR) is 90.9 cm³/mol. The summed E-state index contributed by atoms with van der Waals surface area (Å²) in [6.07, 6.45) is 1.07. The van der Waals surface area contributed by atoms with Crippen molar-refractivity contribution in [3.63, 3.8) is 0 Å². The van der Waals surface area contributed by atoms with Crippen LogP contribution in [0.15, 0.2) is 54.6 Å². The highest BCUT2D eigenvalue weighted by Gasteiger charge is 2.26. The van der Waals surface area contributed by atoms with Gasteiger partial charge in [0.1, 0.15) is 11.5 Å². The fourth-order valence-corrected chi connectivity index (χ4v) is 2.95. The van der Waals surface area contributed by atoms with Gasteiger partial charge in [-0.1, -0.05) is 18.2 Å². The van der Waals surface area contributed by atoms with Gasteiger partial charge in [0.15, 0.2) is 0 Å². The van der Waals surface area contributed by atoms with Crippen molar-refractivity contribution in [3.05, 3.63) is 60.2 Å². The summed E-state index contributed by atoms with van der Waals surface area (Å²) in [6, 6.07) is 17.0. The summed E-state index contributed by atoms with van der Waals surface area (Å²) in [4.78, 5) is 14.5. The molecule has 4 heteroatoms. The molecule has 0 spiro atoms.